The van der Waals surface area contributed by atoms with E-state index in [1.165, 1.54) is 0 Å². The summed E-state index contributed by atoms with van der Waals surface area (Å²) in [5, 5.41) is 6.62. The van der Waals surface area contributed by atoms with Crippen LogP contribution in [0.15, 0.2) is 24.3 Å². The van der Waals surface area contributed by atoms with Gasteiger partial charge in [-0.05, 0) is 48.8 Å². The molecular weight excluding hydrogens is 296 g/mol. The van der Waals surface area contributed by atoms with Gasteiger partial charge in [0.1, 0.15) is 5.75 Å². The highest BCUT2D eigenvalue weighted by molar-refractivity contribution is 7.91. The van der Waals surface area contributed by atoms with Crippen LogP contribution in [-0.2, 0) is 9.84 Å². The second-order valence-electron chi connectivity index (χ2n) is 4.83. The maximum atomic E-state index is 11.3. The Bertz CT molecular complexity index is 570. The third-order valence-electron chi connectivity index (χ3n) is 3.23. The normalized spacial score (nSPS) is 20.4. The zero-order chi connectivity index (χ0) is 14.6. The minimum absolute atomic E-state index is 0.149. The van der Waals surface area contributed by atoms with Crippen molar-refractivity contribution in [2.75, 3.05) is 30.5 Å². The van der Waals surface area contributed by atoms with Crippen LogP contribution in [0, 0.1) is 5.92 Å². The van der Waals surface area contributed by atoms with E-state index in [-0.39, 0.29) is 17.4 Å². The van der Waals surface area contributed by atoms with Crippen LogP contribution in [0.3, 0.4) is 0 Å². The van der Waals surface area contributed by atoms with Crippen molar-refractivity contribution in [3.8, 4) is 5.75 Å². The Hall–Kier alpha value is -1.34. The van der Waals surface area contributed by atoms with Gasteiger partial charge >= 0.3 is 0 Å². The highest BCUT2D eigenvalue weighted by atomic mass is 32.2. The number of methoxy groups -OCH3 is 1. The Morgan fingerprint density at radius 3 is 2.65 bits per heavy atom. The molecule has 1 heterocycles. The molecule has 0 aliphatic carbocycles. The van der Waals surface area contributed by atoms with Crippen LogP contribution in [0.4, 0.5) is 5.69 Å². The first-order valence-electron chi connectivity index (χ1n) is 6.38. The summed E-state index contributed by atoms with van der Waals surface area (Å²) in [6, 6.07) is 7.42. The zero-order valence-electron chi connectivity index (χ0n) is 11.3. The molecule has 0 bridgehead atoms. The molecule has 5 nitrogen and oxygen atoms in total. The highest BCUT2D eigenvalue weighted by Crippen LogP contribution is 2.18. The van der Waals surface area contributed by atoms with Crippen molar-refractivity contribution in [1.82, 2.24) is 5.32 Å². The van der Waals surface area contributed by atoms with E-state index in [9.17, 15) is 8.42 Å². The predicted molar refractivity (Wildman–Crippen MR) is 84.0 cm³/mol. The maximum Gasteiger partial charge on any atom is 0.170 e. The molecule has 0 radical (unpaired) electrons. The van der Waals surface area contributed by atoms with Crippen molar-refractivity contribution in [3.05, 3.63) is 24.3 Å². The average Bonchev–Trinajstić information content (AvgIpc) is 2.77. The van der Waals surface area contributed by atoms with Gasteiger partial charge in [0.2, 0.25) is 0 Å². The summed E-state index contributed by atoms with van der Waals surface area (Å²) in [5.74, 6) is 1.48. The number of thiocarbonyl (C=S) groups is 1. The number of hydrogen-bond acceptors (Lipinski definition) is 4. The second-order valence-corrected chi connectivity index (χ2v) is 7.47. The maximum absolute atomic E-state index is 11.3. The molecule has 1 unspecified atom stereocenters. The van der Waals surface area contributed by atoms with Gasteiger partial charge in [-0.3, -0.25) is 0 Å². The van der Waals surface area contributed by atoms with E-state index < -0.39 is 9.84 Å². The zero-order valence-corrected chi connectivity index (χ0v) is 12.9. The number of sulfone groups is 1. The van der Waals surface area contributed by atoms with Crippen LogP contribution in [-0.4, -0.2) is 38.7 Å². The summed E-state index contributed by atoms with van der Waals surface area (Å²) in [6.07, 6.45) is 0.709. The van der Waals surface area contributed by atoms with Crippen molar-refractivity contribution in [2.24, 2.45) is 5.92 Å². The molecule has 20 heavy (non-hydrogen) atoms. The Balaban J connectivity index is 1.78. The summed E-state index contributed by atoms with van der Waals surface area (Å²) < 4.78 is 27.8. The van der Waals surface area contributed by atoms with Crippen LogP contribution in [0.5, 0.6) is 5.75 Å². The van der Waals surface area contributed by atoms with Gasteiger partial charge in [0.15, 0.2) is 14.9 Å². The number of nitrogens with one attached hydrogen (secondary N) is 2. The molecule has 0 aromatic heterocycles. The minimum atomic E-state index is -2.83. The van der Waals surface area contributed by atoms with Gasteiger partial charge in [-0.1, -0.05) is 0 Å². The molecule has 1 aromatic carbocycles. The topological polar surface area (TPSA) is 67.4 Å². The van der Waals surface area contributed by atoms with Crippen LogP contribution in [0.1, 0.15) is 6.42 Å². The van der Waals surface area contributed by atoms with Crippen LogP contribution >= 0.6 is 12.2 Å². The first kappa shape index (κ1) is 15.1. The van der Waals surface area contributed by atoms with E-state index in [4.69, 9.17) is 17.0 Å². The van der Waals surface area contributed by atoms with Crippen molar-refractivity contribution in [1.29, 1.82) is 0 Å². The van der Waals surface area contributed by atoms with Crippen molar-refractivity contribution < 1.29 is 13.2 Å². The molecule has 2 rings (SSSR count). The first-order valence-corrected chi connectivity index (χ1v) is 8.61. The van der Waals surface area contributed by atoms with Gasteiger partial charge in [-0.2, -0.15) is 0 Å². The van der Waals surface area contributed by atoms with E-state index in [0.717, 1.165) is 11.4 Å². The Kier molecular flexibility index (Phi) is 4.82. The number of ether oxygens (including phenoxy) is 1. The molecular formula is C13H18N2O3S2. The van der Waals surface area contributed by atoms with Gasteiger partial charge in [0.05, 0.1) is 18.6 Å². The second kappa shape index (κ2) is 6.41. The molecule has 1 aliphatic rings. The first-order chi connectivity index (χ1) is 9.48. The predicted octanol–water partition coefficient (Wildman–Crippen LogP) is 1.42. The molecule has 7 heteroatoms. The third kappa shape index (κ3) is 4.35. The van der Waals surface area contributed by atoms with Crippen LogP contribution in [0.25, 0.3) is 0 Å². The minimum Gasteiger partial charge on any atom is -0.497 e. The summed E-state index contributed by atoms with van der Waals surface area (Å²) in [4.78, 5) is 0. The largest absolute Gasteiger partial charge is 0.497 e. The van der Waals surface area contributed by atoms with Crippen molar-refractivity contribution in [3.63, 3.8) is 0 Å². The smallest absolute Gasteiger partial charge is 0.170 e. The summed E-state index contributed by atoms with van der Waals surface area (Å²) in [5.41, 5.74) is 0.863. The van der Waals surface area contributed by atoms with Gasteiger partial charge in [0.25, 0.3) is 0 Å². The van der Waals surface area contributed by atoms with E-state index in [2.05, 4.69) is 10.6 Å². The molecule has 0 amide bonds. The van der Waals surface area contributed by atoms with Crippen LogP contribution < -0.4 is 15.4 Å². The monoisotopic (exact) mass is 314 g/mol. The SMILES string of the molecule is COc1ccc(NC(=S)NCC2CCS(=O)(=O)C2)cc1. The van der Waals surface area contributed by atoms with Gasteiger partial charge in [0, 0.05) is 12.2 Å². The number of benzene rings is 1. The average molecular weight is 314 g/mol. The molecule has 110 valence electrons. The van der Waals surface area contributed by atoms with E-state index in [1.54, 1.807) is 7.11 Å². The molecule has 2 N–H and O–H groups in total. The van der Waals surface area contributed by atoms with Gasteiger partial charge in [-0.15, -0.1) is 0 Å². The highest BCUT2D eigenvalue weighted by Gasteiger charge is 2.27. The van der Waals surface area contributed by atoms with Gasteiger partial charge < -0.3 is 15.4 Å². The fourth-order valence-electron chi connectivity index (χ4n) is 2.12. The Morgan fingerprint density at radius 2 is 2.10 bits per heavy atom. The summed E-state index contributed by atoms with van der Waals surface area (Å²) in [6.45, 7) is 0.585. The van der Waals surface area contributed by atoms with Crippen molar-refractivity contribution >= 4 is 32.9 Å². The number of anilines is 1. The lowest BCUT2D eigenvalue weighted by Gasteiger charge is -2.13. The molecule has 1 fully saturated rings. The number of hydrogen-bond donors (Lipinski definition) is 2. The van der Waals surface area contributed by atoms with Gasteiger partial charge in [-0.25, -0.2) is 8.42 Å². The fourth-order valence-corrected chi connectivity index (χ4v) is 4.18. The quantitative estimate of drug-likeness (QED) is 0.819. The van der Waals surface area contributed by atoms with Crippen LogP contribution in [0.2, 0.25) is 0 Å². The summed E-state index contributed by atoms with van der Waals surface area (Å²) >= 11 is 5.19. The third-order valence-corrected chi connectivity index (χ3v) is 5.31. The lowest BCUT2D eigenvalue weighted by Crippen LogP contribution is -2.33. The molecule has 0 saturated carbocycles. The molecule has 1 atom stereocenters. The van der Waals surface area contributed by atoms with E-state index in [0.29, 0.717) is 18.1 Å². The standard InChI is InChI=1S/C13H18N2O3S2/c1-18-12-4-2-11(3-5-12)15-13(19)14-8-10-6-7-20(16,17)9-10/h2-5,10H,6-9H2,1H3,(H2,14,15,19). The Labute approximate surface area is 124 Å². The molecule has 1 saturated heterocycles. The van der Waals surface area contributed by atoms with E-state index in [1.807, 2.05) is 24.3 Å². The van der Waals surface area contributed by atoms with Crippen molar-refractivity contribution in [2.45, 2.75) is 6.42 Å². The number of rotatable bonds is 4. The molecule has 1 aliphatic heterocycles. The fraction of sp³-hybridized carbons (Fsp3) is 0.462. The summed E-state index contributed by atoms with van der Waals surface area (Å²) in [7, 11) is -1.21. The molecule has 1 aromatic rings. The Morgan fingerprint density at radius 1 is 1.40 bits per heavy atom. The molecule has 0 spiro atoms. The van der Waals surface area contributed by atoms with E-state index >= 15 is 0 Å². The lowest BCUT2D eigenvalue weighted by molar-refractivity contribution is 0.415. The lowest BCUT2D eigenvalue weighted by atomic mass is 10.1.